The smallest absolute Gasteiger partial charge is 0.355 e. The molecule has 4 aliphatic heterocycles. The number of nitrogens with two attached hydrogens (primary N) is 1. The van der Waals surface area contributed by atoms with Gasteiger partial charge < -0.3 is 74.6 Å². The number of amides is 1. The van der Waals surface area contributed by atoms with E-state index in [1.807, 2.05) is 45.9 Å². The number of H-pyrrole nitrogens is 2. The number of carbonyl (C=O) groups excluding carboxylic acids is 3. The van der Waals surface area contributed by atoms with Crippen molar-refractivity contribution in [3.63, 3.8) is 0 Å². The van der Waals surface area contributed by atoms with Gasteiger partial charge in [0.2, 0.25) is 0 Å². The lowest BCUT2D eigenvalue weighted by atomic mass is 9.53. The number of aliphatic hydroxyl groups excluding tert-OH is 2. The number of carboxylic acid groups (broad SMARTS) is 1. The second kappa shape index (κ2) is 21.2. The number of nitrogens with one attached hydrogen (secondary N) is 3. The lowest BCUT2D eigenvalue weighted by Gasteiger charge is -2.53. The summed E-state index contributed by atoms with van der Waals surface area (Å²) in [7, 11) is 0. The Morgan fingerprint density at radius 3 is 2.35 bits per heavy atom. The van der Waals surface area contributed by atoms with E-state index in [2.05, 4.69) is 21.4 Å². The summed E-state index contributed by atoms with van der Waals surface area (Å²) in [5.74, 6) is -5.16. The van der Waals surface area contributed by atoms with Crippen LogP contribution < -0.4 is 11.1 Å². The number of carbonyl (C=O) groups is 4. The minimum atomic E-state index is -1.52. The first kappa shape index (κ1) is 57.2. The van der Waals surface area contributed by atoms with E-state index in [1.165, 1.54) is 0 Å². The summed E-state index contributed by atoms with van der Waals surface area (Å²) in [6.45, 7) is 15.1. The quantitative estimate of drug-likeness (QED) is 0.0546. The Labute approximate surface area is 470 Å². The van der Waals surface area contributed by atoms with Crippen LogP contribution in [0, 0.1) is 46.3 Å². The van der Waals surface area contributed by atoms with Crippen molar-refractivity contribution in [3.05, 3.63) is 70.1 Å². The summed E-state index contributed by atoms with van der Waals surface area (Å²) in [6.07, 6.45) is 2.65. The Morgan fingerprint density at radius 1 is 0.875 bits per heavy atom. The van der Waals surface area contributed by atoms with E-state index >= 15 is 4.79 Å². The normalized spacial score (nSPS) is 44.1. The van der Waals surface area contributed by atoms with Gasteiger partial charge in [-0.1, -0.05) is 77.3 Å². The number of aromatic nitrogens is 2. The first-order valence-electron chi connectivity index (χ1n) is 28.9. The third kappa shape index (κ3) is 9.75. The van der Waals surface area contributed by atoms with Crippen molar-refractivity contribution in [1.29, 1.82) is 0 Å². The lowest BCUT2D eigenvalue weighted by molar-refractivity contribution is -0.337. The maximum Gasteiger partial charge on any atom is 0.355 e. The van der Waals surface area contributed by atoms with E-state index in [-0.39, 0.29) is 90.6 Å². The minimum absolute atomic E-state index is 0.0413. The Kier molecular flexibility index (Phi) is 15.1. The third-order valence-electron chi connectivity index (χ3n) is 20.1. The van der Waals surface area contributed by atoms with Gasteiger partial charge in [0.05, 0.1) is 48.8 Å². The zero-order chi connectivity index (χ0) is 57.1. The fraction of sp³-hybridized carbons (Fsp3) is 0.667. The van der Waals surface area contributed by atoms with Gasteiger partial charge in [0.25, 0.3) is 5.91 Å². The molecule has 4 saturated heterocycles. The van der Waals surface area contributed by atoms with Crippen molar-refractivity contribution in [2.24, 2.45) is 52.1 Å². The van der Waals surface area contributed by atoms with Gasteiger partial charge in [0.1, 0.15) is 40.4 Å². The van der Waals surface area contributed by atoms with Crippen LogP contribution >= 0.6 is 11.6 Å². The molecule has 6 heterocycles. The highest BCUT2D eigenvalue weighted by Gasteiger charge is 2.66. The first-order valence-corrected chi connectivity index (χ1v) is 29.2. The molecule has 436 valence electrons. The van der Waals surface area contributed by atoms with Crippen molar-refractivity contribution in [2.45, 2.75) is 198 Å². The average Bonchev–Trinajstić information content (AvgIpc) is 4.25. The van der Waals surface area contributed by atoms with E-state index in [9.17, 15) is 34.8 Å². The number of ketones is 1. The minimum Gasteiger partial charge on any atom is -0.511 e. The summed E-state index contributed by atoms with van der Waals surface area (Å²) < 4.78 is 45.1. The molecule has 4 aliphatic carbocycles. The number of aliphatic carboxylic acids is 1. The SMILES string of the molecule is CCC1CC2(C)C=C(C(=O)O)C(C)CC23NC(=O)/C(=C(\O)C2(C)C(C=CC4C(OC5CC(OC6CC(C)(O)C(OC7CC(OC(=O)c8cc9c([nH]8)[nH]c8ccc(Cl)cc89)C(N)C(C)O7)C(C)O6)C(C)CO5)CCCC42)CC1O)C3=O. The Morgan fingerprint density at radius 2 is 1.61 bits per heavy atom. The summed E-state index contributed by atoms with van der Waals surface area (Å²) in [6, 6.07) is 6.57. The molecule has 3 aromatic rings. The number of fused-ring (bicyclic) bond motifs is 7. The molecule has 8 aliphatic rings. The zero-order valence-corrected chi connectivity index (χ0v) is 47.6. The number of hydrogen-bond acceptors (Lipinski definition) is 15. The molecule has 1 aromatic carbocycles. The highest BCUT2D eigenvalue weighted by molar-refractivity contribution is 6.32. The van der Waals surface area contributed by atoms with Crippen molar-refractivity contribution in [1.82, 2.24) is 15.3 Å². The van der Waals surface area contributed by atoms with Crippen molar-refractivity contribution in [2.75, 3.05) is 6.61 Å². The second-order valence-electron chi connectivity index (χ2n) is 25.4. The van der Waals surface area contributed by atoms with Gasteiger partial charge in [-0.3, -0.25) is 9.59 Å². The number of carboxylic acids is 1. The predicted octanol–water partition coefficient (Wildman–Crippen LogP) is 7.81. The van der Waals surface area contributed by atoms with Gasteiger partial charge in [-0.05, 0) is 101 Å². The van der Waals surface area contributed by atoms with Crippen LogP contribution in [-0.4, -0.2) is 139 Å². The van der Waals surface area contributed by atoms with Crippen LogP contribution in [0.5, 0.6) is 0 Å². The lowest BCUT2D eigenvalue weighted by Crippen LogP contribution is -2.61. The number of aromatic amines is 2. The van der Waals surface area contributed by atoms with Crippen molar-refractivity contribution >= 4 is 57.2 Å². The standard InChI is InChI=1S/C60H79ClN4O15/c1-9-31-23-57(6)24-37(55(70)71)27(2)22-60(57)51(68)48(54(69)65-60)50(67)59(8)32(17-41(31)66)13-15-34-38(59)11-10-12-42(34)77-45-20-43(28(3)26-74-45)78-47-25-58(7,73)52(30(5)76-47)80-46-21-44(49(62)29(4)75-46)79-56(72)40-19-36-35-18-33(61)14-16-39(35)63-53(36)64-40/h13-16,18-19,24,27-32,34,38,41-47,49,52,63-64,66-67,73H,9-12,17,20-23,25-26,62H2,1-8H3,(H,65,69)(H,70,71)/b50-48-. The maximum atomic E-state index is 15.1. The summed E-state index contributed by atoms with van der Waals surface area (Å²) in [4.78, 5) is 62.0. The molecule has 80 heavy (non-hydrogen) atoms. The largest absolute Gasteiger partial charge is 0.511 e. The van der Waals surface area contributed by atoms with Crippen LogP contribution in [0.1, 0.15) is 130 Å². The number of rotatable bonds is 10. The van der Waals surface area contributed by atoms with Crippen molar-refractivity contribution < 1.29 is 72.8 Å². The third-order valence-corrected chi connectivity index (χ3v) is 20.4. The molecule has 2 aromatic heterocycles. The highest BCUT2D eigenvalue weighted by Crippen LogP contribution is 2.60. The van der Waals surface area contributed by atoms with Crippen molar-refractivity contribution in [3.8, 4) is 0 Å². The molecular weight excluding hydrogens is 1050 g/mol. The van der Waals surface area contributed by atoms with E-state index in [4.69, 9.17) is 50.5 Å². The highest BCUT2D eigenvalue weighted by atomic mass is 35.5. The van der Waals surface area contributed by atoms with Gasteiger partial charge >= 0.3 is 11.9 Å². The molecule has 19 nitrogen and oxygen atoms in total. The van der Waals surface area contributed by atoms with Gasteiger partial charge in [0, 0.05) is 68.8 Å². The number of esters is 1. The van der Waals surface area contributed by atoms with E-state index in [0.717, 1.165) is 22.7 Å². The molecule has 2 bridgehead atoms. The van der Waals surface area contributed by atoms with Crippen LogP contribution in [0.3, 0.4) is 0 Å². The molecule has 11 rings (SSSR count). The average molecular weight is 1130 g/mol. The molecule has 21 unspecified atom stereocenters. The number of benzene rings is 1. The second-order valence-corrected chi connectivity index (χ2v) is 25.9. The molecule has 0 radical (unpaired) electrons. The summed E-state index contributed by atoms with van der Waals surface area (Å²) in [5.41, 5.74) is 2.92. The number of halogens is 1. The first-order chi connectivity index (χ1) is 37.8. The maximum absolute atomic E-state index is 15.1. The number of aliphatic hydroxyl groups is 3. The molecule has 1 amide bonds. The molecule has 21 atom stereocenters. The molecule has 20 heteroatoms. The Balaban J connectivity index is 0.754. The van der Waals surface area contributed by atoms with E-state index < -0.39 is 113 Å². The molecule has 9 N–H and O–H groups in total. The Bertz CT molecular complexity index is 3020. The number of Topliss-reactive ketones (excluding diaryl/α,β-unsaturated/α-hetero) is 1. The van der Waals surface area contributed by atoms with E-state index in [0.29, 0.717) is 43.0 Å². The fourth-order valence-electron chi connectivity index (χ4n) is 15.5. The number of allylic oxidation sites excluding steroid dienone is 2. The molecule has 1 saturated carbocycles. The van der Waals surface area contributed by atoms with Gasteiger partial charge in [-0.25, -0.2) is 9.59 Å². The van der Waals surface area contributed by atoms with Crippen LogP contribution in [0.25, 0.3) is 21.9 Å². The van der Waals surface area contributed by atoms with Crippen LogP contribution in [0.15, 0.2) is 59.4 Å². The summed E-state index contributed by atoms with van der Waals surface area (Å²) in [5, 5.41) is 52.5. The van der Waals surface area contributed by atoms with Crippen LogP contribution in [-0.2, 0) is 47.5 Å². The predicted molar refractivity (Wildman–Crippen MR) is 293 cm³/mol. The number of hydrogen-bond donors (Lipinski definition) is 8. The molecule has 1 spiro atoms. The van der Waals surface area contributed by atoms with Crippen LogP contribution in [0.2, 0.25) is 5.02 Å². The molecule has 5 fully saturated rings. The van der Waals surface area contributed by atoms with E-state index in [1.54, 1.807) is 45.9 Å². The number of ether oxygens (including phenoxy) is 7. The summed E-state index contributed by atoms with van der Waals surface area (Å²) >= 11 is 6.26. The van der Waals surface area contributed by atoms with Gasteiger partial charge in [-0.15, -0.1) is 0 Å². The fourth-order valence-corrected chi connectivity index (χ4v) is 15.7. The van der Waals surface area contributed by atoms with Gasteiger partial charge in [-0.2, -0.15) is 0 Å². The Hall–Kier alpha value is -4.67. The monoisotopic (exact) mass is 1130 g/mol. The topological polar surface area (TPSA) is 283 Å². The van der Waals surface area contributed by atoms with Crippen LogP contribution in [0.4, 0.5) is 0 Å². The molecular formula is C60H79ClN4O15. The zero-order valence-electron chi connectivity index (χ0n) is 46.9. The van der Waals surface area contributed by atoms with Gasteiger partial charge in [0.15, 0.2) is 24.7 Å².